The van der Waals surface area contributed by atoms with E-state index < -0.39 is 0 Å². The summed E-state index contributed by atoms with van der Waals surface area (Å²) in [6.45, 7) is 4.38. The van der Waals surface area contributed by atoms with Crippen LogP contribution in [0.3, 0.4) is 0 Å². The Labute approximate surface area is 137 Å². The lowest BCUT2D eigenvalue weighted by atomic mass is 9.61. The predicted octanol–water partition coefficient (Wildman–Crippen LogP) is 3.25. The number of aldehydes is 1. The van der Waals surface area contributed by atoms with Gasteiger partial charge in [-0.25, -0.2) is 0 Å². The molecule has 1 aliphatic carbocycles. The fourth-order valence-electron chi connectivity index (χ4n) is 5.71. The Kier molecular flexibility index (Phi) is 2.70. The number of benzene rings is 1. The Morgan fingerprint density at radius 3 is 3.09 bits per heavy atom. The van der Waals surface area contributed by atoms with Crippen LogP contribution in [0.1, 0.15) is 31.7 Å². The molecule has 0 amide bonds. The lowest BCUT2D eigenvalue weighted by Gasteiger charge is -2.49. The minimum absolute atomic E-state index is 0.102. The molecular formula is C20H22N2O. The van der Waals surface area contributed by atoms with Crippen molar-refractivity contribution in [3.8, 4) is 0 Å². The zero-order valence-electron chi connectivity index (χ0n) is 13.5. The van der Waals surface area contributed by atoms with Crippen molar-refractivity contribution in [2.45, 2.75) is 37.6 Å². The molecule has 1 aromatic carbocycles. The van der Waals surface area contributed by atoms with E-state index in [1.54, 1.807) is 0 Å². The Morgan fingerprint density at radius 1 is 1.39 bits per heavy atom. The van der Waals surface area contributed by atoms with Crippen LogP contribution in [0.4, 0.5) is 5.69 Å². The number of carbonyl (C=O) groups excluding carboxylic acids is 1. The molecule has 0 aromatic heterocycles. The molecule has 0 saturated carbocycles. The highest BCUT2D eigenvalue weighted by atomic mass is 16.1. The summed E-state index contributed by atoms with van der Waals surface area (Å²) in [5, 5.41) is 3.73. The molecule has 3 aliphatic heterocycles. The Morgan fingerprint density at radius 2 is 2.26 bits per heavy atom. The highest BCUT2D eigenvalue weighted by Gasteiger charge is 2.60. The van der Waals surface area contributed by atoms with Gasteiger partial charge in [-0.3, -0.25) is 4.90 Å². The van der Waals surface area contributed by atoms with Crippen molar-refractivity contribution >= 4 is 12.0 Å². The average Bonchev–Trinajstić information content (AvgIpc) is 3.13. The molecule has 3 heterocycles. The molecule has 2 fully saturated rings. The zero-order chi connectivity index (χ0) is 15.6. The maximum Gasteiger partial charge on any atom is 0.124 e. The summed E-state index contributed by atoms with van der Waals surface area (Å²) in [5.74, 6) is 0.453. The van der Waals surface area contributed by atoms with E-state index in [1.165, 1.54) is 40.9 Å². The number of fused-ring (bicyclic) bond motifs is 2. The average molecular weight is 306 g/mol. The normalized spacial score (nSPS) is 36.0. The highest BCUT2D eigenvalue weighted by Crippen LogP contribution is 2.61. The van der Waals surface area contributed by atoms with Gasteiger partial charge in [0.1, 0.15) is 6.29 Å². The first kappa shape index (κ1) is 13.6. The highest BCUT2D eigenvalue weighted by molar-refractivity contribution is 5.74. The first-order chi connectivity index (χ1) is 11.3. The second kappa shape index (κ2) is 4.57. The van der Waals surface area contributed by atoms with E-state index in [0.29, 0.717) is 18.4 Å². The molecule has 1 N–H and O–H groups in total. The minimum atomic E-state index is 0.102. The van der Waals surface area contributed by atoms with Gasteiger partial charge in [0.25, 0.3) is 0 Å². The maximum atomic E-state index is 11.4. The Balaban J connectivity index is 1.80. The van der Waals surface area contributed by atoms with Crippen LogP contribution in [0.15, 0.2) is 47.2 Å². The van der Waals surface area contributed by atoms with Crippen molar-refractivity contribution in [1.82, 2.24) is 4.90 Å². The molecule has 5 rings (SSSR count). The molecule has 0 radical (unpaired) electrons. The second-order valence-electron chi connectivity index (χ2n) is 7.30. The first-order valence-corrected chi connectivity index (χ1v) is 8.72. The van der Waals surface area contributed by atoms with Crippen LogP contribution in [0, 0.1) is 5.92 Å². The van der Waals surface area contributed by atoms with Crippen molar-refractivity contribution in [2.24, 2.45) is 5.92 Å². The molecule has 4 aliphatic rings. The summed E-state index contributed by atoms with van der Waals surface area (Å²) < 4.78 is 0. The number of nitrogens with zero attached hydrogens (tertiary/aromatic N) is 1. The first-order valence-electron chi connectivity index (χ1n) is 8.72. The summed E-state index contributed by atoms with van der Waals surface area (Å²) >= 11 is 0. The number of piperidine rings is 1. The van der Waals surface area contributed by atoms with Crippen LogP contribution < -0.4 is 5.32 Å². The van der Waals surface area contributed by atoms with Gasteiger partial charge < -0.3 is 10.1 Å². The third-order valence-corrected chi connectivity index (χ3v) is 6.62. The van der Waals surface area contributed by atoms with Crippen molar-refractivity contribution in [1.29, 1.82) is 0 Å². The minimum Gasteiger partial charge on any atom is -0.358 e. The molecule has 23 heavy (non-hydrogen) atoms. The number of anilines is 1. The number of para-hydroxylation sites is 1. The predicted molar refractivity (Wildman–Crippen MR) is 91.3 cm³/mol. The van der Waals surface area contributed by atoms with E-state index in [2.05, 4.69) is 47.5 Å². The fraction of sp³-hybridized carbons (Fsp3) is 0.450. The number of rotatable bonds is 2. The molecule has 3 atom stereocenters. The van der Waals surface area contributed by atoms with Gasteiger partial charge in [-0.15, -0.1) is 0 Å². The molecule has 2 bridgehead atoms. The number of carbonyl (C=O) groups is 1. The monoisotopic (exact) mass is 306 g/mol. The lowest BCUT2D eigenvalue weighted by molar-refractivity contribution is -0.107. The summed E-state index contributed by atoms with van der Waals surface area (Å²) in [7, 11) is 0. The van der Waals surface area contributed by atoms with E-state index in [1.807, 2.05) is 0 Å². The standard InChI is InChI=1S/C20H22N2O/c1-2-13-12-22-9-8-20-16-5-3-4-6-17(16)21-19(20)14(7-10-23)15(13)11-18(20)22/h2-6,10,15,18,21H,7-9,11-12H2,1H3/b13-2+/t15-,18-,20+/m0/s1. The van der Waals surface area contributed by atoms with Gasteiger partial charge in [0.05, 0.1) is 5.41 Å². The molecule has 1 aromatic rings. The molecule has 1 spiro atoms. The van der Waals surface area contributed by atoms with Crippen LogP contribution in [0.25, 0.3) is 0 Å². The van der Waals surface area contributed by atoms with Crippen molar-refractivity contribution in [3.63, 3.8) is 0 Å². The van der Waals surface area contributed by atoms with E-state index >= 15 is 0 Å². The van der Waals surface area contributed by atoms with E-state index in [4.69, 9.17) is 0 Å². The van der Waals surface area contributed by atoms with Crippen molar-refractivity contribution in [2.75, 3.05) is 18.4 Å². The second-order valence-corrected chi connectivity index (χ2v) is 7.30. The van der Waals surface area contributed by atoms with Crippen LogP contribution >= 0.6 is 0 Å². The third-order valence-electron chi connectivity index (χ3n) is 6.62. The molecule has 0 unspecified atom stereocenters. The third kappa shape index (κ3) is 1.51. The van der Waals surface area contributed by atoms with E-state index in [0.717, 1.165) is 19.4 Å². The van der Waals surface area contributed by atoms with Gasteiger partial charge in [0, 0.05) is 42.9 Å². The van der Waals surface area contributed by atoms with Gasteiger partial charge in [-0.1, -0.05) is 29.8 Å². The SMILES string of the molecule is C/C=C1\CN2CC[C@]34C(=C(CC=O)[C@H]1C[C@H]23)Nc1ccccc14. The summed E-state index contributed by atoms with van der Waals surface area (Å²) in [6.07, 6.45) is 6.27. The molecule has 2 saturated heterocycles. The Bertz CT molecular complexity index is 763. The topological polar surface area (TPSA) is 32.3 Å². The van der Waals surface area contributed by atoms with Crippen LogP contribution in [0.5, 0.6) is 0 Å². The van der Waals surface area contributed by atoms with Gasteiger partial charge in [-0.05, 0) is 37.0 Å². The largest absolute Gasteiger partial charge is 0.358 e. The van der Waals surface area contributed by atoms with E-state index in [9.17, 15) is 4.79 Å². The lowest BCUT2D eigenvalue weighted by Crippen LogP contribution is -2.52. The van der Waals surface area contributed by atoms with E-state index in [-0.39, 0.29) is 5.41 Å². The maximum absolute atomic E-state index is 11.4. The quantitative estimate of drug-likeness (QED) is 0.672. The van der Waals surface area contributed by atoms with Crippen molar-refractivity contribution in [3.05, 3.63) is 52.7 Å². The van der Waals surface area contributed by atoms with Gasteiger partial charge in [-0.2, -0.15) is 0 Å². The summed E-state index contributed by atoms with van der Waals surface area (Å²) in [6, 6.07) is 9.33. The Hall–Kier alpha value is -1.87. The van der Waals surface area contributed by atoms with Gasteiger partial charge in [0.15, 0.2) is 0 Å². The number of hydrogen-bond donors (Lipinski definition) is 1. The summed E-state index contributed by atoms with van der Waals surface area (Å²) in [4.78, 5) is 14.1. The molecule has 118 valence electrons. The molecule has 3 heteroatoms. The number of hydrogen-bond acceptors (Lipinski definition) is 3. The molecule has 3 nitrogen and oxygen atoms in total. The van der Waals surface area contributed by atoms with Gasteiger partial charge >= 0.3 is 0 Å². The van der Waals surface area contributed by atoms with Crippen LogP contribution in [-0.4, -0.2) is 30.3 Å². The smallest absolute Gasteiger partial charge is 0.124 e. The zero-order valence-corrected chi connectivity index (χ0v) is 13.5. The fourth-order valence-corrected chi connectivity index (χ4v) is 5.71. The van der Waals surface area contributed by atoms with Crippen molar-refractivity contribution < 1.29 is 4.79 Å². The van der Waals surface area contributed by atoms with Gasteiger partial charge in [0.2, 0.25) is 0 Å². The molecular weight excluding hydrogens is 284 g/mol. The number of allylic oxidation sites excluding steroid dienone is 2. The number of nitrogens with one attached hydrogen (secondary N) is 1. The van der Waals surface area contributed by atoms with Crippen LogP contribution in [-0.2, 0) is 10.2 Å². The van der Waals surface area contributed by atoms with Crippen LogP contribution in [0.2, 0.25) is 0 Å². The summed E-state index contributed by atoms with van der Waals surface area (Å²) in [5.41, 5.74) is 7.01.